The summed E-state index contributed by atoms with van der Waals surface area (Å²) >= 11 is 0. The van der Waals surface area contributed by atoms with Gasteiger partial charge in [0.2, 0.25) is 6.43 Å². The Bertz CT molecular complexity index is 892. The van der Waals surface area contributed by atoms with Crippen LogP contribution in [0.15, 0.2) is 46.1 Å². The van der Waals surface area contributed by atoms with Gasteiger partial charge < -0.3 is 11.1 Å². The average Bonchev–Trinajstić information content (AvgIpc) is 2.76. The average molecular weight is 428 g/mol. The van der Waals surface area contributed by atoms with Crippen molar-refractivity contribution in [3.63, 3.8) is 0 Å². The van der Waals surface area contributed by atoms with Crippen LogP contribution in [0.2, 0.25) is 0 Å². The third-order valence-electron chi connectivity index (χ3n) is 5.75. The van der Waals surface area contributed by atoms with Crippen molar-refractivity contribution < 1.29 is 8.78 Å². The quantitative estimate of drug-likeness (QED) is 0.309. The van der Waals surface area contributed by atoms with Gasteiger partial charge in [0, 0.05) is 42.7 Å². The molecule has 1 aromatic rings. The molecule has 0 amide bonds. The van der Waals surface area contributed by atoms with Crippen LogP contribution in [0, 0.1) is 19.3 Å². The third kappa shape index (κ3) is 6.46. The molecule has 168 valence electrons. The first kappa shape index (κ1) is 24.7. The van der Waals surface area contributed by atoms with Crippen LogP contribution in [0.3, 0.4) is 0 Å². The second-order valence-electron chi connectivity index (χ2n) is 8.04. The number of nitrogens with one attached hydrogen (secondary N) is 1. The Hall–Kier alpha value is -2.56. The van der Waals surface area contributed by atoms with Crippen LogP contribution < -0.4 is 5.73 Å². The molecule has 0 bridgehead atoms. The van der Waals surface area contributed by atoms with Gasteiger partial charge in [0.25, 0.3) is 0 Å². The van der Waals surface area contributed by atoms with E-state index in [1.54, 1.807) is 6.21 Å². The highest BCUT2D eigenvalue weighted by molar-refractivity contribution is 5.94. The predicted molar refractivity (Wildman–Crippen MR) is 128 cm³/mol. The largest absolute Gasteiger partial charge is 0.404 e. The zero-order chi connectivity index (χ0) is 22.8. The zero-order valence-corrected chi connectivity index (χ0v) is 19.0. The monoisotopic (exact) mass is 427 g/mol. The van der Waals surface area contributed by atoms with Crippen LogP contribution in [0.4, 0.5) is 8.78 Å². The first-order valence-electron chi connectivity index (χ1n) is 11.2. The Morgan fingerprint density at radius 2 is 1.90 bits per heavy atom. The van der Waals surface area contributed by atoms with Gasteiger partial charge >= 0.3 is 0 Å². The van der Waals surface area contributed by atoms with Crippen molar-refractivity contribution in [2.75, 3.05) is 6.54 Å². The lowest BCUT2D eigenvalue weighted by molar-refractivity contribution is 0.141. The lowest BCUT2D eigenvalue weighted by Crippen LogP contribution is -2.09. The molecule has 5 heteroatoms. The fourth-order valence-electron chi connectivity index (χ4n) is 4.14. The summed E-state index contributed by atoms with van der Waals surface area (Å²) in [5, 5.41) is 8.02. The van der Waals surface area contributed by atoms with E-state index in [9.17, 15) is 8.78 Å². The summed E-state index contributed by atoms with van der Waals surface area (Å²) in [5.74, 6) is 0. The molecule has 1 aromatic carbocycles. The Morgan fingerprint density at radius 3 is 2.55 bits per heavy atom. The molecular weight excluding hydrogens is 392 g/mol. The minimum atomic E-state index is -2.35. The van der Waals surface area contributed by atoms with Crippen molar-refractivity contribution in [1.29, 1.82) is 5.41 Å². The smallest absolute Gasteiger partial charge is 0.240 e. The van der Waals surface area contributed by atoms with Gasteiger partial charge in [-0.1, -0.05) is 31.6 Å². The maximum Gasteiger partial charge on any atom is 0.240 e. The summed E-state index contributed by atoms with van der Waals surface area (Å²) in [4.78, 5) is 4.22. The fourth-order valence-corrected chi connectivity index (χ4v) is 4.14. The number of unbranched alkanes of at least 4 members (excludes halogenated alkanes) is 1. The molecule has 0 fully saturated rings. The van der Waals surface area contributed by atoms with E-state index in [4.69, 9.17) is 11.1 Å². The molecule has 0 aliphatic heterocycles. The van der Waals surface area contributed by atoms with E-state index in [0.29, 0.717) is 0 Å². The van der Waals surface area contributed by atoms with Gasteiger partial charge in [-0.15, -0.1) is 0 Å². The number of allylic oxidation sites excluding steroid dienone is 5. The Morgan fingerprint density at radius 1 is 1.19 bits per heavy atom. The molecule has 1 aliphatic carbocycles. The number of aryl methyl sites for hydroxylation is 2. The molecule has 0 unspecified atom stereocenters. The van der Waals surface area contributed by atoms with E-state index >= 15 is 0 Å². The van der Waals surface area contributed by atoms with Crippen molar-refractivity contribution in [3.05, 3.63) is 63.4 Å². The van der Waals surface area contributed by atoms with Crippen LogP contribution in [-0.2, 0) is 0 Å². The Labute approximate surface area is 185 Å². The summed E-state index contributed by atoms with van der Waals surface area (Å²) in [6.45, 7) is 6.35. The van der Waals surface area contributed by atoms with Gasteiger partial charge in [0.15, 0.2) is 0 Å². The zero-order valence-electron chi connectivity index (χ0n) is 19.0. The fraction of sp³-hybridized carbons (Fsp3) is 0.462. The highest BCUT2D eigenvalue weighted by Crippen LogP contribution is 2.40. The van der Waals surface area contributed by atoms with Crippen LogP contribution in [0.5, 0.6) is 0 Å². The van der Waals surface area contributed by atoms with Gasteiger partial charge in [-0.25, -0.2) is 8.78 Å². The Kier molecular flexibility index (Phi) is 9.83. The van der Waals surface area contributed by atoms with Crippen molar-refractivity contribution in [2.24, 2.45) is 10.7 Å². The number of hydrogen-bond acceptors (Lipinski definition) is 3. The molecule has 0 saturated carbocycles. The second-order valence-corrected chi connectivity index (χ2v) is 8.04. The molecule has 0 spiro atoms. The van der Waals surface area contributed by atoms with E-state index in [1.807, 2.05) is 6.92 Å². The lowest BCUT2D eigenvalue weighted by Gasteiger charge is -2.26. The minimum absolute atomic E-state index is 0.0803. The summed E-state index contributed by atoms with van der Waals surface area (Å²) in [6.07, 6.45) is 10.2. The third-order valence-corrected chi connectivity index (χ3v) is 5.75. The number of halogens is 2. The maximum absolute atomic E-state index is 12.5. The SMILES string of the molecule is CCC/C=C(C1=C(c2c(C)ccc(C)c2C=N)CCCC1)\C(C=NCCC(F)F)=C\N. The number of nitrogens with zero attached hydrogens (tertiary/aromatic N) is 1. The lowest BCUT2D eigenvalue weighted by atomic mass is 9.78. The number of rotatable bonds is 10. The summed E-state index contributed by atoms with van der Waals surface area (Å²) in [6, 6.07) is 4.19. The highest BCUT2D eigenvalue weighted by Gasteiger charge is 2.22. The molecule has 0 atom stereocenters. The molecule has 3 N–H and O–H groups in total. The van der Waals surface area contributed by atoms with Crippen LogP contribution in [0.25, 0.3) is 5.57 Å². The summed E-state index contributed by atoms with van der Waals surface area (Å²) < 4.78 is 25.0. The maximum atomic E-state index is 12.5. The molecule has 0 saturated heterocycles. The molecule has 3 nitrogen and oxygen atoms in total. The molecular formula is C26H35F2N3. The molecule has 0 heterocycles. The normalized spacial score (nSPS) is 15.9. The van der Waals surface area contributed by atoms with Gasteiger partial charge in [0.05, 0.1) is 0 Å². The van der Waals surface area contributed by atoms with Gasteiger partial charge in [-0.2, -0.15) is 0 Å². The van der Waals surface area contributed by atoms with Crippen molar-refractivity contribution >= 4 is 18.0 Å². The first-order valence-corrected chi connectivity index (χ1v) is 11.2. The molecule has 2 rings (SSSR count). The first-order chi connectivity index (χ1) is 14.9. The molecule has 1 aliphatic rings. The van der Waals surface area contributed by atoms with E-state index in [1.165, 1.54) is 23.6 Å². The van der Waals surface area contributed by atoms with E-state index < -0.39 is 6.43 Å². The predicted octanol–water partition coefficient (Wildman–Crippen LogP) is 6.92. The van der Waals surface area contributed by atoms with E-state index in [-0.39, 0.29) is 13.0 Å². The summed E-state index contributed by atoms with van der Waals surface area (Å²) in [5.41, 5.74) is 14.7. The van der Waals surface area contributed by atoms with Crippen LogP contribution in [0.1, 0.15) is 74.1 Å². The topological polar surface area (TPSA) is 62.2 Å². The molecule has 0 aromatic heterocycles. The van der Waals surface area contributed by atoms with Crippen molar-refractivity contribution in [1.82, 2.24) is 0 Å². The van der Waals surface area contributed by atoms with Crippen molar-refractivity contribution in [2.45, 2.75) is 72.1 Å². The number of alkyl halides is 2. The van der Waals surface area contributed by atoms with E-state index in [0.717, 1.165) is 71.9 Å². The molecule has 31 heavy (non-hydrogen) atoms. The highest BCUT2D eigenvalue weighted by atomic mass is 19.3. The minimum Gasteiger partial charge on any atom is -0.404 e. The number of benzene rings is 1. The summed E-state index contributed by atoms with van der Waals surface area (Å²) in [7, 11) is 0. The number of hydrogen-bond donors (Lipinski definition) is 2. The number of aliphatic imine (C=N–C) groups is 1. The standard InChI is InChI=1S/C26H35F2N3/c1-4-5-8-21(20(15-29)17-31-14-13-25(27)28)22-9-6-7-10-23(22)26-19(3)12-11-18(2)24(26)16-30/h8,11-12,15-17,25,30H,4-7,9-10,13-14,29H2,1-3H3/b20-15+,21-8+,30-16?,31-17?. The van der Waals surface area contributed by atoms with Gasteiger partial charge in [0.1, 0.15) is 0 Å². The van der Waals surface area contributed by atoms with Crippen LogP contribution in [-0.4, -0.2) is 25.4 Å². The number of nitrogens with two attached hydrogens (primary N) is 1. The van der Waals surface area contributed by atoms with Crippen LogP contribution >= 0.6 is 0 Å². The van der Waals surface area contributed by atoms with Crippen molar-refractivity contribution in [3.8, 4) is 0 Å². The van der Waals surface area contributed by atoms with Gasteiger partial charge in [-0.05, 0) is 79.4 Å². The van der Waals surface area contributed by atoms with E-state index in [2.05, 4.69) is 37.0 Å². The Balaban J connectivity index is 2.62. The second kappa shape index (κ2) is 12.3. The van der Waals surface area contributed by atoms with Gasteiger partial charge in [-0.3, -0.25) is 4.99 Å². The molecule has 0 radical (unpaired) electrons.